The number of carbonyl (C=O) groups is 2. The summed E-state index contributed by atoms with van der Waals surface area (Å²) in [5.74, 6) is -0.954. The number of anilines is 1. The lowest BCUT2D eigenvalue weighted by Crippen LogP contribution is -2.24. The number of esters is 1. The van der Waals surface area contributed by atoms with Crippen molar-refractivity contribution in [2.24, 2.45) is 0 Å². The highest BCUT2D eigenvalue weighted by Gasteiger charge is 2.38. The van der Waals surface area contributed by atoms with Gasteiger partial charge in [-0.15, -0.1) is 0 Å². The van der Waals surface area contributed by atoms with Crippen molar-refractivity contribution in [3.05, 3.63) is 79.9 Å². The summed E-state index contributed by atoms with van der Waals surface area (Å²) in [6.45, 7) is 1.68. The average Bonchev–Trinajstić information content (AvgIpc) is 2.89. The highest BCUT2D eigenvalue weighted by atomic mass is 35.5. The van der Waals surface area contributed by atoms with Crippen LogP contribution in [-0.2, 0) is 14.3 Å². The van der Waals surface area contributed by atoms with Crippen LogP contribution in [0, 0.1) is 0 Å². The molecule has 1 aliphatic heterocycles. The van der Waals surface area contributed by atoms with E-state index in [9.17, 15) is 9.59 Å². The maximum Gasteiger partial charge on any atom is 0.340 e. The Labute approximate surface area is 171 Å². The van der Waals surface area contributed by atoms with Gasteiger partial charge in [0.25, 0.3) is 5.91 Å². The first-order chi connectivity index (χ1) is 12.8. The van der Waals surface area contributed by atoms with Gasteiger partial charge < -0.3 is 4.74 Å². The molecule has 0 saturated carbocycles. The summed E-state index contributed by atoms with van der Waals surface area (Å²) >= 11 is 18.0. The molecule has 1 heterocycles. The summed E-state index contributed by atoms with van der Waals surface area (Å²) in [4.78, 5) is 26.9. The van der Waals surface area contributed by atoms with Gasteiger partial charge in [0.1, 0.15) is 0 Å². The van der Waals surface area contributed by atoms with Gasteiger partial charge in [0.05, 0.1) is 34.0 Å². The fraction of sp³-hybridized carbons (Fsp3) is 0.100. The van der Waals surface area contributed by atoms with E-state index >= 15 is 0 Å². The van der Waals surface area contributed by atoms with Gasteiger partial charge in [-0.3, -0.25) is 9.69 Å². The Balaban J connectivity index is 2.14. The fourth-order valence-electron chi connectivity index (χ4n) is 2.84. The molecule has 0 unspecified atom stereocenters. The maximum absolute atomic E-state index is 13.1. The van der Waals surface area contributed by atoms with Gasteiger partial charge in [0, 0.05) is 10.7 Å². The standard InChI is InChI=1S/C20H14Cl3NO3/c1-11-18(20(26)27-2)15(9-12-3-5-13(21)6-4-12)19(25)24(11)14-7-8-16(22)17(23)10-14/h3-10H,1-2H3/b15-9-. The molecule has 2 aromatic carbocycles. The van der Waals surface area contributed by atoms with Crippen LogP contribution in [0.5, 0.6) is 0 Å². The van der Waals surface area contributed by atoms with E-state index in [1.165, 1.54) is 12.0 Å². The average molecular weight is 423 g/mol. The monoisotopic (exact) mass is 421 g/mol. The number of ether oxygens (including phenoxy) is 1. The quantitative estimate of drug-likeness (QED) is 0.483. The molecular weight excluding hydrogens is 409 g/mol. The van der Waals surface area contributed by atoms with Crippen molar-refractivity contribution in [1.82, 2.24) is 0 Å². The Morgan fingerprint density at radius 1 is 1.04 bits per heavy atom. The number of rotatable bonds is 3. The van der Waals surface area contributed by atoms with Crippen LogP contribution in [0.3, 0.4) is 0 Å². The molecular formula is C20H14Cl3NO3. The summed E-state index contributed by atoms with van der Waals surface area (Å²) in [5, 5.41) is 1.26. The largest absolute Gasteiger partial charge is 0.465 e. The van der Waals surface area contributed by atoms with Crippen LogP contribution in [-0.4, -0.2) is 19.0 Å². The Kier molecular flexibility index (Phi) is 5.61. The smallest absolute Gasteiger partial charge is 0.340 e. The van der Waals surface area contributed by atoms with Crippen LogP contribution >= 0.6 is 34.8 Å². The van der Waals surface area contributed by atoms with E-state index in [-0.39, 0.29) is 17.1 Å². The van der Waals surface area contributed by atoms with E-state index in [1.54, 1.807) is 55.5 Å². The van der Waals surface area contributed by atoms with Crippen molar-refractivity contribution >= 4 is 58.4 Å². The van der Waals surface area contributed by atoms with Gasteiger partial charge in [-0.1, -0.05) is 46.9 Å². The molecule has 0 aromatic heterocycles. The minimum Gasteiger partial charge on any atom is -0.465 e. The summed E-state index contributed by atoms with van der Waals surface area (Å²) < 4.78 is 4.88. The second-order valence-corrected chi connectivity index (χ2v) is 7.05. The van der Waals surface area contributed by atoms with E-state index in [2.05, 4.69) is 0 Å². The molecule has 0 radical (unpaired) electrons. The molecule has 0 bridgehead atoms. The SMILES string of the molecule is COC(=O)C1=C(C)N(c2ccc(Cl)c(Cl)c2)C(=O)/C1=C\c1ccc(Cl)cc1. The fourth-order valence-corrected chi connectivity index (χ4v) is 3.26. The van der Waals surface area contributed by atoms with Crippen LogP contribution in [0.2, 0.25) is 15.1 Å². The van der Waals surface area contributed by atoms with Gasteiger partial charge in [-0.25, -0.2) is 4.79 Å². The molecule has 7 heteroatoms. The van der Waals surface area contributed by atoms with Crippen LogP contribution in [0.25, 0.3) is 6.08 Å². The number of halogens is 3. The molecule has 0 saturated heterocycles. The number of benzene rings is 2. The molecule has 0 fully saturated rings. The number of allylic oxidation sites excluding steroid dienone is 1. The number of hydrogen-bond donors (Lipinski definition) is 0. The molecule has 27 heavy (non-hydrogen) atoms. The highest BCUT2D eigenvalue weighted by molar-refractivity contribution is 6.42. The van der Waals surface area contributed by atoms with Gasteiger partial charge >= 0.3 is 5.97 Å². The van der Waals surface area contributed by atoms with Gasteiger partial charge in [-0.2, -0.15) is 0 Å². The van der Waals surface area contributed by atoms with Crippen molar-refractivity contribution < 1.29 is 14.3 Å². The van der Waals surface area contributed by atoms with Crippen molar-refractivity contribution in [2.75, 3.05) is 12.0 Å². The zero-order valence-corrected chi connectivity index (χ0v) is 16.7. The van der Waals surface area contributed by atoms with Crippen LogP contribution in [0.4, 0.5) is 5.69 Å². The molecule has 2 aromatic rings. The van der Waals surface area contributed by atoms with Gasteiger partial charge in [0.15, 0.2) is 0 Å². The van der Waals surface area contributed by atoms with Gasteiger partial charge in [0.2, 0.25) is 0 Å². The first kappa shape index (κ1) is 19.5. The van der Waals surface area contributed by atoms with Crippen molar-refractivity contribution in [2.45, 2.75) is 6.92 Å². The third-order valence-corrected chi connectivity index (χ3v) is 5.12. The maximum atomic E-state index is 13.1. The number of nitrogens with zero attached hydrogens (tertiary/aromatic N) is 1. The van der Waals surface area contributed by atoms with Gasteiger partial charge in [-0.05, 0) is 48.9 Å². The molecule has 0 spiro atoms. The van der Waals surface area contributed by atoms with Crippen molar-refractivity contribution in [1.29, 1.82) is 0 Å². The molecule has 0 N–H and O–H groups in total. The molecule has 3 rings (SSSR count). The first-order valence-corrected chi connectivity index (χ1v) is 9.03. The number of hydrogen-bond acceptors (Lipinski definition) is 3. The lowest BCUT2D eigenvalue weighted by atomic mass is 10.0. The Morgan fingerprint density at radius 3 is 2.30 bits per heavy atom. The molecule has 0 atom stereocenters. The Hall–Kier alpha value is -2.27. The molecule has 1 aliphatic rings. The van der Waals surface area contributed by atoms with Crippen molar-refractivity contribution in [3.63, 3.8) is 0 Å². The lowest BCUT2D eigenvalue weighted by Gasteiger charge is -2.18. The predicted octanol–water partition coefficient (Wildman–Crippen LogP) is 5.52. The first-order valence-electron chi connectivity index (χ1n) is 7.90. The number of methoxy groups -OCH3 is 1. The normalized spacial score (nSPS) is 15.7. The number of amides is 1. The second kappa shape index (κ2) is 7.77. The van der Waals surface area contributed by atoms with E-state index in [0.717, 1.165) is 5.56 Å². The zero-order valence-electron chi connectivity index (χ0n) is 14.4. The highest BCUT2D eigenvalue weighted by Crippen LogP contribution is 2.37. The predicted molar refractivity (Wildman–Crippen MR) is 108 cm³/mol. The minimum absolute atomic E-state index is 0.198. The summed E-state index contributed by atoms with van der Waals surface area (Å²) in [7, 11) is 1.27. The van der Waals surface area contributed by atoms with E-state index < -0.39 is 5.97 Å². The van der Waals surface area contributed by atoms with Crippen LogP contribution in [0.1, 0.15) is 12.5 Å². The zero-order chi connectivity index (χ0) is 19.7. The molecule has 0 aliphatic carbocycles. The topological polar surface area (TPSA) is 46.6 Å². The van der Waals surface area contributed by atoms with Crippen LogP contribution < -0.4 is 4.90 Å². The number of carbonyl (C=O) groups excluding carboxylic acids is 2. The Morgan fingerprint density at radius 2 is 1.70 bits per heavy atom. The van der Waals surface area contributed by atoms with E-state index in [0.29, 0.717) is 26.5 Å². The molecule has 1 amide bonds. The van der Waals surface area contributed by atoms with E-state index in [1.807, 2.05) is 0 Å². The van der Waals surface area contributed by atoms with Crippen LogP contribution in [0.15, 0.2) is 59.3 Å². The Bertz CT molecular complexity index is 994. The third kappa shape index (κ3) is 3.74. The lowest BCUT2D eigenvalue weighted by molar-refractivity contribution is -0.136. The summed E-state index contributed by atoms with van der Waals surface area (Å²) in [5.41, 5.74) is 2.11. The summed E-state index contributed by atoms with van der Waals surface area (Å²) in [6, 6.07) is 11.8. The molecule has 4 nitrogen and oxygen atoms in total. The van der Waals surface area contributed by atoms with E-state index in [4.69, 9.17) is 39.5 Å². The minimum atomic E-state index is -0.594. The summed E-state index contributed by atoms with van der Waals surface area (Å²) in [6.07, 6.45) is 1.63. The van der Waals surface area contributed by atoms with Crippen molar-refractivity contribution in [3.8, 4) is 0 Å². The molecule has 138 valence electrons. The second-order valence-electron chi connectivity index (χ2n) is 5.80. The third-order valence-electron chi connectivity index (χ3n) is 4.13.